The third kappa shape index (κ3) is 2.55. The summed E-state index contributed by atoms with van der Waals surface area (Å²) >= 11 is 1.76. The molecule has 1 N–H and O–H groups in total. The van der Waals surface area contributed by atoms with Gasteiger partial charge in [-0.2, -0.15) is 0 Å². The molecule has 1 unspecified atom stereocenters. The van der Waals surface area contributed by atoms with E-state index in [0.29, 0.717) is 11.9 Å². The van der Waals surface area contributed by atoms with Gasteiger partial charge in [0.1, 0.15) is 10.7 Å². The quantitative estimate of drug-likeness (QED) is 0.939. The minimum absolute atomic E-state index is 0.459. The van der Waals surface area contributed by atoms with Gasteiger partial charge < -0.3 is 10.1 Å². The van der Waals surface area contributed by atoms with Gasteiger partial charge in [-0.1, -0.05) is 13.0 Å². The van der Waals surface area contributed by atoms with E-state index in [1.807, 2.05) is 18.2 Å². The minimum Gasteiger partial charge on any atom is -0.481 e. The van der Waals surface area contributed by atoms with E-state index in [2.05, 4.69) is 17.2 Å². The number of thiazole rings is 1. The van der Waals surface area contributed by atoms with E-state index in [0.717, 1.165) is 23.7 Å². The van der Waals surface area contributed by atoms with E-state index in [1.165, 1.54) is 23.4 Å². The van der Waals surface area contributed by atoms with Gasteiger partial charge in [0.2, 0.25) is 5.88 Å². The van der Waals surface area contributed by atoms with Gasteiger partial charge >= 0.3 is 0 Å². The van der Waals surface area contributed by atoms with E-state index in [-0.39, 0.29) is 0 Å². The number of methoxy groups -OCH3 is 1. The lowest BCUT2D eigenvalue weighted by Crippen LogP contribution is -2.23. The van der Waals surface area contributed by atoms with Crippen molar-refractivity contribution >= 4 is 11.3 Å². The average molecular weight is 289 g/mol. The Morgan fingerprint density at radius 2 is 2.30 bits per heavy atom. The number of hydrogen-bond acceptors (Lipinski definition) is 5. The molecular formula is C15H19N3OS. The van der Waals surface area contributed by atoms with Crippen molar-refractivity contribution in [2.45, 2.75) is 32.2 Å². The van der Waals surface area contributed by atoms with Gasteiger partial charge in [-0.25, -0.2) is 9.97 Å². The zero-order valence-corrected chi connectivity index (χ0v) is 12.7. The predicted octanol–water partition coefficient (Wildman–Crippen LogP) is 3.20. The molecule has 0 saturated carbocycles. The highest BCUT2D eigenvalue weighted by molar-refractivity contribution is 7.15. The summed E-state index contributed by atoms with van der Waals surface area (Å²) in [5.41, 5.74) is 2.14. The van der Waals surface area contributed by atoms with Gasteiger partial charge in [-0.3, -0.25) is 0 Å². The molecule has 2 heterocycles. The number of hydrogen-bond donors (Lipinski definition) is 1. The zero-order chi connectivity index (χ0) is 13.9. The Bertz CT molecular complexity index is 597. The molecule has 4 nitrogen and oxygen atoms in total. The fourth-order valence-corrected chi connectivity index (χ4v) is 3.81. The van der Waals surface area contributed by atoms with Crippen LogP contribution < -0.4 is 10.1 Å². The molecule has 106 valence electrons. The average Bonchev–Trinajstić information content (AvgIpc) is 2.93. The molecule has 0 saturated heterocycles. The lowest BCUT2D eigenvalue weighted by Gasteiger charge is -2.21. The van der Waals surface area contributed by atoms with Crippen LogP contribution in [0.4, 0.5) is 0 Å². The van der Waals surface area contributed by atoms with Crippen molar-refractivity contribution in [2.75, 3.05) is 13.7 Å². The van der Waals surface area contributed by atoms with E-state index in [4.69, 9.17) is 9.72 Å². The van der Waals surface area contributed by atoms with Crippen molar-refractivity contribution in [1.82, 2.24) is 15.3 Å². The maximum atomic E-state index is 5.19. The highest BCUT2D eigenvalue weighted by Crippen LogP contribution is 2.37. The Labute approximate surface area is 123 Å². The normalized spacial score (nSPS) is 17.8. The van der Waals surface area contributed by atoms with Crippen molar-refractivity contribution in [3.05, 3.63) is 28.8 Å². The Balaban J connectivity index is 1.95. The van der Waals surface area contributed by atoms with Gasteiger partial charge in [0, 0.05) is 17.0 Å². The van der Waals surface area contributed by atoms with Crippen LogP contribution in [0.5, 0.6) is 5.88 Å². The molecule has 1 aliphatic carbocycles. The molecule has 0 spiro atoms. The molecule has 0 bridgehead atoms. The Morgan fingerprint density at radius 1 is 1.40 bits per heavy atom. The Morgan fingerprint density at radius 3 is 3.10 bits per heavy atom. The Hall–Kier alpha value is -1.46. The molecule has 0 amide bonds. The third-order valence-electron chi connectivity index (χ3n) is 3.55. The lowest BCUT2D eigenvalue weighted by molar-refractivity contribution is 0.398. The number of rotatable bonds is 4. The smallest absolute Gasteiger partial charge is 0.213 e. The standard InChI is InChI=1S/C15H19N3OS/c1-3-16-10-6-4-7-11-14(10)20-15(18-11)12-8-5-9-13(17-12)19-2/h5,8-10,16H,3-4,6-7H2,1-2H3. The summed E-state index contributed by atoms with van der Waals surface area (Å²) in [4.78, 5) is 10.7. The fraction of sp³-hybridized carbons (Fsp3) is 0.467. The third-order valence-corrected chi connectivity index (χ3v) is 4.79. The molecule has 2 aromatic rings. The van der Waals surface area contributed by atoms with Crippen LogP contribution >= 0.6 is 11.3 Å². The first-order valence-corrected chi connectivity index (χ1v) is 7.88. The summed E-state index contributed by atoms with van der Waals surface area (Å²) in [5, 5.41) is 4.55. The highest BCUT2D eigenvalue weighted by Gasteiger charge is 2.24. The molecule has 0 fully saturated rings. The van der Waals surface area contributed by atoms with E-state index in [1.54, 1.807) is 18.4 Å². The summed E-state index contributed by atoms with van der Waals surface area (Å²) < 4.78 is 5.19. The second-order valence-electron chi connectivity index (χ2n) is 4.90. The second kappa shape index (κ2) is 5.89. The molecule has 1 aliphatic rings. The molecule has 20 heavy (non-hydrogen) atoms. The van der Waals surface area contributed by atoms with Crippen LogP contribution in [0, 0.1) is 0 Å². The van der Waals surface area contributed by atoms with E-state index >= 15 is 0 Å². The van der Waals surface area contributed by atoms with Crippen molar-refractivity contribution in [3.63, 3.8) is 0 Å². The molecule has 3 rings (SSSR count). The van der Waals surface area contributed by atoms with Crippen LogP contribution in [0.2, 0.25) is 0 Å². The number of fused-ring (bicyclic) bond motifs is 1. The summed E-state index contributed by atoms with van der Waals surface area (Å²) in [6.07, 6.45) is 3.49. The fourth-order valence-electron chi connectivity index (χ4n) is 2.62. The molecule has 5 heteroatoms. The van der Waals surface area contributed by atoms with Crippen LogP contribution in [-0.2, 0) is 6.42 Å². The number of aryl methyl sites for hydroxylation is 1. The summed E-state index contributed by atoms with van der Waals surface area (Å²) in [6.45, 7) is 3.15. The van der Waals surface area contributed by atoms with Crippen LogP contribution in [0.15, 0.2) is 18.2 Å². The zero-order valence-electron chi connectivity index (χ0n) is 11.8. The summed E-state index contributed by atoms with van der Waals surface area (Å²) in [5.74, 6) is 0.638. The number of aromatic nitrogens is 2. The molecule has 0 radical (unpaired) electrons. The topological polar surface area (TPSA) is 47.0 Å². The van der Waals surface area contributed by atoms with Crippen LogP contribution in [0.3, 0.4) is 0 Å². The first-order chi connectivity index (χ1) is 9.81. The van der Waals surface area contributed by atoms with E-state index < -0.39 is 0 Å². The largest absolute Gasteiger partial charge is 0.481 e. The first kappa shape index (κ1) is 13.5. The highest BCUT2D eigenvalue weighted by atomic mass is 32.1. The number of nitrogens with one attached hydrogen (secondary N) is 1. The monoisotopic (exact) mass is 289 g/mol. The van der Waals surface area contributed by atoms with Gasteiger partial charge in [0.15, 0.2) is 0 Å². The van der Waals surface area contributed by atoms with Crippen molar-refractivity contribution in [1.29, 1.82) is 0 Å². The minimum atomic E-state index is 0.459. The molecular weight excluding hydrogens is 270 g/mol. The summed E-state index contributed by atoms with van der Waals surface area (Å²) in [7, 11) is 1.64. The number of ether oxygens (including phenoxy) is 1. The van der Waals surface area contributed by atoms with Crippen LogP contribution in [0.25, 0.3) is 10.7 Å². The predicted molar refractivity (Wildman–Crippen MR) is 81.3 cm³/mol. The second-order valence-corrected chi connectivity index (χ2v) is 5.93. The maximum absolute atomic E-state index is 5.19. The molecule has 0 aromatic carbocycles. The van der Waals surface area contributed by atoms with Crippen molar-refractivity contribution < 1.29 is 4.74 Å². The SMILES string of the molecule is CCNC1CCCc2nc(-c3cccc(OC)n3)sc21. The van der Waals surface area contributed by atoms with Gasteiger partial charge in [-0.05, 0) is 31.9 Å². The first-order valence-electron chi connectivity index (χ1n) is 7.06. The van der Waals surface area contributed by atoms with Crippen molar-refractivity contribution in [2.24, 2.45) is 0 Å². The molecule has 1 atom stereocenters. The van der Waals surface area contributed by atoms with Crippen molar-refractivity contribution in [3.8, 4) is 16.6 Å². The van der Waals surface area contributed by atoms with Gasteiger partial charge in [0.05, 0.1) is 12.8 Å². The summed E-state index contributed by atoms with van der Waals surface area (Å²) in [6, 6.07) is 6.28. The van der Waals surface area contributed by atoms with Gasteiger partial charge in [-0.15, -0.1) is 11.3 Å². The van der Waals surface area contributed by atoms with E-state index in [9.17, 15) is 0 Å². The lowest BCUT2D eigenvalue weighted by atomic mass is 9.98. The maximum Gasteiger partial charge on any atom is 0.213 e. The molecule has 0 aliphatic heterocycles. The Kier molecular flexibility index (Phi) is 3.98. The molecule has 2 aromatic heterocycles. The number of pyridine rings is 1. The van der Waals surface area contributed by atoms with Crippen LogP contribution in [-0.4, -0.2) is 23.6 Å². The number of nitrogens with zero attached hydrogens (tertiary/aromatic N) is 2. The van der Waals surface area contributed by atoms with Crippen LogP contribution in [0.1, 0.15) is 36.4 Å². The van der Waals surface area contributed by atoms with Gasteiger partial charge in [0.25, 0.3) is 0 Å².